The third kappa shape index (κ3) is 3.61. The number of rotatable bonds is 6. The summed E-state index contributed by atoms with van der Waals surface area (Å²) in [6.45, 7) is 1.87. The van der Waals surface area contributed by atoms with Crippen molar-refractivity contribution in [2.75, 3.05) is 13.7 Å². The summed E-state index contributed by atoms with van der Waals surface area (Å²) in [4.78, 5) is 11.2. The van der Waals surface area contributed by atoms with E-state index in [1.807, 2.05) is 0 Å². The number of benzene rings is 1. The van der Waals surface area contributed by atoms with Crippen LogP contribution in [-0.4, -0.2) is 34.6 Å². The number of nitrogens with one attached hydrogen (secondary N) is 1. The van der Waals surface area contributed by atoms with Crippen LogP contribution in [-0.2, 0) is 17.8 Å². The summed E-state index contributed by atoms with van der Waals surface area (Å²) >= 11 is 0. The molecule has 2 aromatic rings. The highest BCUT2D eigenvalue weighted by atomic mass is 19.1. The summed E-state index contributed by atoms with van der Waals surface area (Å²) in [6, 6.07) is 4.45. The van der Waals surface area contributed by atoms with E-state index in [9.17, 15) is 9.18 Å². The SMILES string of the molecule is COC(=O)c1ccc(CNCCn2ccnn2)cc1F. The molecule has 1 N–H and O–H groups in total. The van der Waals surface area contributed by atoms with Crippen molar-refractivity contribution in [3.05, 3.63) is 47.5 Å². The van der Waals surface area contributed by atoms with Gasteiger partial charge in [0.05, 0.1) is 25.4 Å². The maximum absolute atomic E-state index is 13.7. The van der Waals surface area contributed by atoms with Gasteiger partial charge in [-0.25, -0.2) is 9.18 Å². The van der Waals surface area contributed by atoms with Crippen LogP contribution in [0.3, 0.4) is 0 Å². The fraction of sp³-hybridized carbons (Fsp3) is 0.308. The summed E-state index contributed by atoms with van der Waals surface area (Å²) in [5.41, 5.74) is 0.701. The van der Waals surface area contributed by atoms with Gasteiger partial charge in [-0.2, -0.15) is 0 Å². The van der Waals surface area contributed by atoms with Crippen molar-refractivity contribution in [1.82, 2.24) is 20.3 Å². The van der Waals surface area contributed by atoms with Crippen molar-refractivity contribution < 1.29 is 13.9 Å². The fourth-order valence-corrected chi connectivity index (χ4v) is 1.72. The van der Waals surface area contributed by atoms with Crippen LogP contribution in [0.4, 0.5) is 4.39 Å². The van der Waals surface area contributed by atoms with Gasteiger partial charge >= 0.3 is 5.97 Å². The van der Waals surface area contributed by atoms with Crippen molar-refractivity contribution >= 4 is 5.97 Å². The second-order valence-corrected chi connectivity index (χ2v) is 4.15. The first-order valence-electron chi connectivity index (χ1n) is 6.12. The van der Waals surface area contributed by atoms with E-state index in [1.54, 1.807) is 23.1 Å². The number of methoxy groups -OCH3 is 1. The van der Waals surface area contributed by atoms with Crippen LogP contribution in [0.15, 0.2) is 30.6 Å². The lowest BCUT2D eigenvalue weighted by Gasteiger charge is -2.07. The molecule has 106 valence electrons. The Hall–Kier alpha value is -2.28. The molecular weight excluding hydrogens is 263 g/mol. The van der Waals surface area contributed by atoms with Gasteiger partial charge in [0, 0.05) is 19.3 Å². The molecule has 1 aromatic carbocycles. The summed E-state index contributed by atoms with van der Waals surface area (Å²) in [6.07, 6.45) is 3.38. The molecule has 0 atom stereocenters. The molecule has 2 rings (SSSR count). The van der Waals surface area contributed by atoms with Gasteiger partial charge in [0.2, 0.25) is 0 Å². The van der Waals surface area contributed by atoms with E-state index in [0.717, 1.165) is 5.56 Å². The van der Waals surface area contributed by atoms with Gasteiger partial charge in [-0.15, -0.1) is 5.10 Å². The maximum Gasteiger partial charge on any atom is 0.340 e. The van der Waals surface area contributed by atoms with Crippen molar-refractivity contribution in [2.24, 2.45) is 0 Å². The quantitative estimate of drug-likeness (QED) is 0.630. The second-order valence-electron chi connectivity index (χ2n) is 4.15. The number of ether oxygens (including phenoxy) is 1. The number of hydrogen-bond acceptors (Lipinski definition) is 5. The topological polar surface area (TPSA) is 69.0 Å². The lowest BCUT2D eigenvalue weighted by atomic mass is 10.1. The Balaban J connectivity index is 1.84. The highest BCUT2D eigenvalue weighted by Gasteiger charge is 2.11. The van der Waals surface area contributed by atoms with Crippen molar-refractivity contribution in [2.45, 2.75) is 13.1 Å². The molecule has 20 heavy (non-hydrogen) atoms. The van der Waals surface area contributed by atoms with Gasteiger partial charge in [0.25, 0.3) is 0 Å². The highest BCUT2D eigenvalue weighted by molar-refractivity contribution is 5.89. The minimum Gasteiger partial charge on any atom is -0.465 e. The van der Waals surface area contributed by atoms with Crippen LogP contribution >= 0.6 is 0 Å². The zero-order valence-electron chi connectivity index (χ0n) is 11.0. The average Bonchev–Trinajstić information content (AvgIpc) is 2.96. The fourth-order valence-electron chi connectivity index (χ4n) is 1.72. The van der Waals surface area contributed by atoms with Crippen LogP contribution in [0.1, 0.15) is 15.9 Å². The average molecular weight is 278 g/mol. The lowest BCUT2D eigenvalue weighted by Crippen LogP contribution is -2.20. The Morgan fingerprint density at radius 1 is 1.50 bits per heavy atom. The first kappa shape index (κ1) is 14.1. The molecular formula is C13H15FN4O2. The number of esters is 1. The smallest absolute Gasteiger partial charge is 0.340 e. The van der Waals surface area contributed by atoms with E-state index >= 15 is 0 Å². The Morgan fingerprint density at radius 2 is 2.35 bits per heavy atom. The summed E-state index contributed by atoms with van der Waals surface area (Å²) in [7, 11) is 1.22. The summed E-state index contributed by atoms with van der Waals surface area (Å²) < 4.78 is 19.9. The third-order valence-electron chi connectivity index (χ3n) is 2.76. The Bertz CT molecular complexity index is 572. The van der Waals surface area contributed by atoms with E-state index in [2.05, 4.69) is 20.4 Å². The van der Waals surface area contributed by atoms with E-state index in [1.165, 1.54) is 19.2 Å². The highest BCUT2D eigenvalue weighted by Crippen LogP contribution is 2.11. The molecule has 1 aromatic heterocycles. The Labute approximate surface area is 115 Å². The van der Waals surface area contributed by atoms with Crippen molar-refractivity contribution in [3.8, 4) is 0 Å². The van der Waals surface area contributed by atoms with Gasteiger partial charge in [0.1, 0.15) is 5.82 Å². The van der Waals surface area contributed by atoms with Crippen LogP contribution in [0, 0.1) is 5.82 Å². The molecule has 0 spiro atoms. The van der Waals surface area contributed by atoms with E-state index in [-0.39, 0.29) is 5.56 Å². The van der Waals surface area contributed by atoms with Gasteiger partial charge in [-0.1, -0.05) is 11.3 Å². The standard InChI is InChI=1S/C13H15FN4O2/c1-20-13(19)11-3-2-10(8-12(11)14)9-15-4-6-18-7-5-16-17-18/h2-3,5,7-8,15H,4,6,9H2,1H3. The van der Waals surface area contributed by atoms with Crippen LogP contribution in [0.25, 0.3) is 0 Å². The molecule has 0 bridgehead atoms. The second kappa shape index (κ2) is 6.76. The molecule has 0 radical (unpaired) electrons. The molecule has 7 heteroatoms. The van der Waals surface area contributed by atoms with E-state index in [4.69, 9.17) is 0 Å². The molecule has 0 unspecified atom stereocenters. The molecule has 0 aliphatic rings. The number of nitrogens with zero attached hydrogens (tertiary/aromatic N) is 3. The van der Waals surface area contributed by atoms with Gasteiger partial charge in [-0.3, -0.25) is 4.68 Å². The minimum absolute atomic E-state index is 0.0566. The molecule has 0 fully saturated rings. The normalized spacial score (nSPS) is 10.5. The lowest BCUT2D eigenvalue weighted by molar-refractivity contribution is 0.0595. The van der Waals surface area contributed by atoms with Gasteiger partial charge in [-0.05, 0) is 17.7 Å². The molecule has 0 aliphatic carbocycles. The summed E-state index contributed by atoms with van der Waals surface area (Å²) in [5, 5.41) is 10.7. The Kier molecular flexibility index (Phi) is 4.78. The molecule has 6 nitrogen and oxygen atoms in total. The number of aromatic nitrogens is 3. The maximum atomic E-state index is 13.7. The zero-order chi connectivity index (χ0) is 14.4. The monoisotopic (exact) mass is 278 g/mol. The molecule has 0 saturated carbocycles. The molecule has 0 aliphatic heterocycles. The molecule has 0 saturated heterocycles. The number of carbonyl (C=O) groups is 1. The molecule has 1 heterocycles. The third-order valence-corrected chi connectivity index (χ3v) is 2.76. The summed E-state index contributed by atoms with van der Waals surface area (Å²) in [5.74, 6) is -1.25. The van der Waals surface area contributed by atoms with Crippen LogP contribution in [0.2, 0.25) is 0 Å². The van der Waals surface area contributed by atoms with Crippen molar-refractivity contribution in [3.63, 3.8) is 0 Å². The number of carbonyl (C=O) groups excluding carboxylic acids is 1. The van der Waals surface area contributed by atoms with Crippen molar-refractivity contribution in [1.29, 1.82) is 0 Å². The van der Waals surface area contributed by atoms with Crippen LogP contribution in [0.5, 0.6) is 0 Å². The first-order valence-corrected chi connectivity index (χ1v) is 6.12. The van der Waals surface area contributed by atoms with E-state index < -0.39 is 11.8 Å². The van der Waals surface area contributed by atoms with Gasteiger partial charge < -0.3 is 10.1 Å². The largest absolute Gasteiger partial charge is 0.465 e. The van der Waals surface area contributed by atoms with Crippen LogP contribution < -0.4 is 5.32 Å². The minimum atomic E-state index is -0.673. The molecule has 0 amide bonds. The van der Waals surface area contributed by atoms with E-state index in [0.29, 0.717) is 19.6 Å². The van der Waals surface area contributed by atoms with Gasteiger partial charge in [0.15, 0.2) is 0 Å². The Morgan fingerprint density at radius 3 is 3.00 bits per heavy atom. The zero-order valence-corrected chi connectivity index (χ0v) is 11.0. The number of halogens is 1. The first-order chi connectivity index (χ1) is 9.70. The number of hydrogen-bond donors (Lipinski definition) is 1. The predicted octanol–water partition coefficient (Wildman–Crippen LogP) is 0.994. The predicted molar refractivity (Wildman–Crippen MR) is 69.5 cm³/mol.